The van der Waals surface area contributed by atoms with Gasteiger partial charge in [-0.2, -0.15) is 0 Å². The molecule has 3 aromatic rings. The number of rotatable bonds is 0. The van der Waals surface area contributed by atoms with E-state index < -0.39 is 0 Å². The maximum atomic E-state index is 2.28. The van der Waals surface area contributed by atoms with E-state index >= 15 is 0 Å². The summed E-state index contributed by atoms with van der Waals surface area (Å²) in [6, 6.07) is 15.6. The topological polar surface area (TPSA) is 0 Å². The fraction of sp³-hybridized carbons (Fsp3) is 0.118. The van der Waals surface area contributed by atoms with Gasteiger partial charge in [-0.15, -0.1) is 39.7 Å². The van der Waals surface area contributed by atoms with Crippen LogP contribution in [0.3, 0.4) is 0 Å². The van der Waals surface area contributed by atoms with Crippen LogP contribution in [0.25, 0.3) is 21.5 Å². The fourth-order valence-electron chi connectivity index (χ4n) is 2.26. The van der Waals surface area contributed by atoms with Gasteiger partial charge in [0.2, 0.25) is 0 Å². The minimum absolute atomic E-state index is 0. The molecular formula is C17H19Hf-3. The first-order valence-corrected chi connectivity index (χ1v) is 5.30. The molecule has 0 nitrogen and oxygen atoms in total. The third-order valence-corrected chi connectivity index (χ3v) is 3.02. The van der Waals surface area contributed by atoms with Gasteiger partial charge in [0, 0.05) is 25.8 Å². The first kappa shape index (κ1) is 17.2. The van der Waals surface area contributed by atoms with Crippen LogP contribution in [0, 0.1) is 28.7 Å². The van der Waals surface area contributed by atoms with E-state index in [-0.39, 0.29) is 40.7 Å². The number of benzene rings is 2. The standard InChI is InChI=1S/C15H13.2CH3.Hf/c1-10-3-5-14-12(7-10)9-13-8-11(2)4-6-15(13)14;;;/h3-9H,1-2H3;2*1H3;/q3*-1;. The van der Waals surface area contributed by atoms with Gasteiger partial charge in [0.15, 0.2) is 0 Å². The molecule has 94 valence electrons. The summed E-state index contributed by atoms with van der Waals surface area (Å²) < 4.78 is 0. The number of hydrogen-bond donors (Lipinski definition) is 0. The SMILES string of the molecule is Cc1ccc2c(c1)[cH-]c1cc(C)ccc12.[CH3-].[CH3-].[Hf]. The largest absolute Gasteiger partial charge is 0.358 e. The van der Waals surface area contributed by atoms with Gasteiger partial charge >= 0.3 is 0 Å². The van der Waals surface area contributed by atoms with Crippen molar-refractivity contribution < 1.29 is 25.8 Å². The Balaban J connectivity index is 0.000000963. The van der Waals surface area contributed by atoms with Crippen LogP contribution in [-0.2, 0) is 25.8 Å². The van der Waals surface area contributed by atoms with Crippen LogP contribution in [0.1, 0.15) is 11.1 Å². The predicted molar refractivity (Wildman–Crippen MR) is 79.3 cm³/mol. The van der Waals surface area contributed by atoms with Gasteiger partial charge in [0.25, 0.3) is 0 Å². The third kappa shape index (κ3) is 2.77. The van der Waals surface area contributed by atoms with Crippen molar-refractivity contribution in [1.29, 1.82) is 0 Å². The van der Waals surface area contributed by atoms with Crippen LogP contribution in [0.2, 0.25) is 0 Å². The minimum atomic E-state index is 0. The second-order valence-corrected chi connectivity index (χ2v) is 4.33. The van der Waals surface area contributed by atoms with Crippen molar-refractivity contribution in [3.63, 3.8) is 0 Å². The van der Waals surface area contributed by atoms with E-state index in [1.54, 1.807) is 0 Å². The van der Waals surface area contributed by atoms with Gasteiger partial charge < -0.3 is 14.9 Å². The summed E-state index contributed by atoms with van der Waals surface area (Å²) in [4.78, 5) is 0. The third-order valence-electron chi connectivity index (χ3n) is 3.02. The summed E-state index contributed by atoms with van der Waals surface area (Å²) in [6.07, 6.45) is 0. The van der Waals surface area contributed by atoms with Crippen molar-refractivity contribution >= 4 is 21.5 Å². The van der Waals surface area contributed by atoms with E-state index in [9.17, 15) is 0 Å². The van der Waals surface area contributed by atoms with Crippen molar-refractivity contribution in [1.82, 2.24) is 0 Å². The van der Waals surface area contributed by atoms with Crippen LogP contribution < -0.4 is 0 Å². The molecule has 3 aromatic carbocycles. The van der Waals surface area contributed by atoms with Crippen LogP contribution >= 0.6 is 0 Å². The Bertz CT molecular complexity index is 591. The van der Waals surface area contributed by atoms with Gasteiger partial charge in [-0.05, 0) is 13.8 Å². The van der Waals surface area contributed by atoms with Gasteiger partial charge in [0.1, 0.15) is 0 Å². The van der Waals surface area contributed by atoms with E-state index in [0.29, 0.717) is 0 Å². The molecule has 0 aromatic heterocycles. The normalized spacial score (nSPS) is 9.44. The quantitative estimate of drug-likeness (QED) is 0.357. The second-order valence-electron chi connectivity index (χ2n) is 4.33. The summed E-state index contributed by atoms with van der Waals surface area (Å²) in [5, 5.41) is 5.46. The molecule has 0 fully saturated rings. The second kappa shape index (κ2) is 6.38. The fourth-order valence-corrected chi connectivity index (χ4v) is 2.26. The van der Waals surface area contributed by atoms with Gasteiger partial charge in [-0.3, -0.25) is 0 Å². The van der Waals surface area contributed by atoms with Crippen molar-refractivity contribution in [2.75, 3.05) is 0 Å². The Kier molecular flexibility index (Phi) is 6.09. The molecule has 0 saturated heterocycles. The zero-order valence-corrected chi connectivity index (χ0v) is 15.1. The summed E-state index contributed by atoms with van der Waals surface area (Å²) in [7, 11) is 0. The number of aryl methyl sites for hydroxylation is 2. The van der Waals surface area contributed by atoms with E-state index in [4.69, 9.17) is 0 Å². The van der Waals surface area contributed by atoms with Crippen LogP contribution in [-0.4, -0.2) is 0 Å². The van der Waals surface area contributed by atoms with E-state index in [1.807, 2.05) is 0 Å². The average molecular weight is 402 g/mol. The molecule has 0 amide bonds. The molecule has 0 radical (unpaired) electrons. The molecule has 3 rings (SSSR count). The van der Waals surface area contributed by atoms with Crippen LogP contribution in [0.4, 0.5) is 0 Å². The van der Waals surface area contributed by atoms with Crippen molar-refractivity contribution in [3.05, 3.63) is 68.4 Å². The molecular weight excluding hydrogens is 383 g/mol. The van der Waals surface area contributed by atoms with E-state index in [2.05, 4.69) is 56.3 Å². The van der Waals surface area contributed by atoms with Crippen molar-refractivity contribution in [2.24, 2.45) is 0 Å². The van der Waals surface area contributed by atoms with Gasteiger partial charge in [-0.1, -0.05) is 35.4 Å². The summed E-state index contributed by atoms with van der Waals surface area (Å²) >= 11 is 0. The Hall–Kier alpha value is -0.820. The number of hydrogen-bond acceptors (Lipinski definition) is 0. The molecule has 0 aliphatic heterocycles. The molecule has 0 heterocycles. The zero-order valence-electron chi connectivity index (χ0n) is 11.5. The van der Waals surface area contributed by atoms with Crippen LogP contribution in [0.15, 0.2) is 42.5 Å². The summed E-state index contributed by atoms with van der Waals surface area (Å²) in [6.45, 7) is 4.28. The van der Waals surface area contributed by atoms with E-state index in [0.717, 1.165) is 0 Å². The summed E-state index contributed by atoms with van der Waals surface area (Å²) in [5.41, 5.74) is 2.66. The maximum Gasteiger partial charge on any atom is 0 e. The molecule has 0 N–H and O–H groups in total. The average Bonchev–Trinajstić information content (AvgIpc) is 2.53. The Morgan fingerprint density at radius 2 is 1.11 bits per heavy atom. The Morgan fingerprint density at radius 3 is 1.50 bits per heavy atom. The number of fused-ring (bicyclic) bond motifs is 3. The molecule has 0 aliphatic carbocycles. The molecule has 0 spiro atoms. The van der Waals surface area contributed by atoms with Gasteiger partial charge in [0.05, 0.1) is 0 Å². The van der Waals surface area contributed by atoms with Crippen molar-refractivity contribution in [2.45, 2.75) is 13.8 Å². The predicted octanol–water partition coefficient (Wildman–Crippen LogP) is 5.23. The maximum absolute atomic E-state index is 2.28. The first-order valence-electron chi connectivity index (χ1n) is 5.30. The molecule has 18 heavy (non-hydrogen) atoms. The molecule has 0 unspecified atom stereocenters. The minimum Gasteiger partial charge on any atom is -0.358 e. The van der Waals surface area contributed by atoms with Crippen LogP contribution in [0.5, 0.6) is 0 Å². The Morgan fingerprint density at radius 1 is 0.722 bits per heavy atom. The summed E-state index contributed by atoms with van der Waals surface area (Å²) in [5.74, 6) is 0. The molecule has 0 aliphatic rings. The van der Waals surface area contributed by atoms with Crippen molar-refractivity contribution in [3.8, 4) is 0 Å². The monoisotopic (exact) mass is 403 g/mol. The zero-order chi connectivity index (χ0) is 10.4. The Labute approximate surface area is 129 Å². The smallest absolute Gasteiger partial charge is 0 e. The molecule has 0 saturated carbocycles. The first-order chi connectivity index (χ1) is 7.24. The van der Waals surface area contributed by atoms with Gasteiger partial charge in [-0.25, -0.2) is 0 Å². The van der Waals surface area contributed by atoms with E-state index in [1.165, 1.54) is 32.7 Å². The molecule has 0 bridgehead atoms. The molecule has 1 heteroatoms. The molecule has 0 atom stereocenters.